The molecular weight excluding hydrogens is 230 g/mol. The topological polar surface area (TPSA) is 55.4 Å². The number of nitrogens with one attached hydrogen (secondary N) is 1. The van der Waals surface area contributed by atoms with E-state index in [-0.39, 0.29) is 0 Å². The summed E-state index contributed by atoms with van der Waals surface area (Å²) in [4.78, 5) is 22.7. The Morgan fingerprint density at radius 3 is 2.39 bits per heavy atom. The molecule has 0 aliphatic carbocycles. The minimum Gasteiger partial charge on any atom is -0.444 e. The normalized spacial score (nSPS) is 10.9. The highest BCUT2D eigenvalue weighted by Crippen LogP contribution is 2.23. The van der Waals surface area contributed by atoms with Gasteiger partial charge in [-0.15, -0.1) is 0 Å². The molecule has 0 fully saturated rings. The standard InChI is InChI=1S/C14H19NO3/c1-9-6-7-11(8-16)12(10(9)2)15-13(17)18-14(3,4)5/h6-8H,1-5H3,(H,15,17). The zero-order chi connectivity index (χ0) is 13.9. The number of carbonyl (C=O) groups excluding carboxylic acids is 2. The first-order chi connectivity index (χ1) is 8.24. The van der Waals surface area contributed by atoms with E-state index < -0.39 is 11.7 Å². The molecule has 0 unspecified atom stereocenters. The van der Waals surface area contributed by atoms with Crippen LogP contribution in [0.25, 0.3) is 0 Å². The number of ether oxygens (including phenoxy) is 1. The Morgan fingerprint density at radius 2 is 1.89 bits per heavy atom. The minimum atomic E-state index is -0.566. The third-order valence-corrected chi connectivity index (χ3v) is 2.52. The molecule has 1 aromatic rings. The number of amides is 1. The molecule has 0 heterocycles. The predicted octanol–water partition coefficient (Wildman–Crippen LogP) is 3.46. The van der Waals surface area contributed by atoms with Crippen molar-refractivity contribution < 1.29 is 14.3 Å². The molecule has 18 heavy (non-hydrogen) atoms. The number of anilines is 1. The highest BCUT2D eigenvalue weighted by atomic mass is 16.6. The Labute approximate surface area is 107 Å². The number of hydrogen-bond donors (Lipinski definition) is 1. The third kappa shape index (κ3) is 3.58. The van der Waals surface area contributed by atoms with E-state index in [4.69, 9.17) is 4.74 Å². The SMILES string of the molecule is Cc1ccc(C=O)c(NC(=O)OC(C)(C)C)c1C. The Morgan fingerprint density at radius 1 is 1.28 bits per heavy atom. The summed E-state index contributed by atoms with van der Waals surface area (Å²) in [6, 6.07) is 3.53. The van der Waals surface area contributed by atoms with Crippen LogP contribution in [0.4, 0.5) is 10.5 Å². The first-order valence-electron chi connectivity index (χ1n) is 5.80. The minimum absolute atomic E-state index is 0.448. The molecule has 1 rings (SSSR count). The zero-order valence-corrected chi connectivity index (χ0v) is 11.5. The van der Waals surface area contributed by atoms with Crippen molar-refractivity contribution in [1.29, 1.82) is 0 Å². The van der Waals surface area contributed by atoms with E-state index in [2.05, 4.69) is 5.32 Å². The summed E-state index contributed by atoms with van der Waals surface area (Å²) in [6.45, 7) is 9.14. The number of hydrogen-bond acceptors (Lipinski definition) is 3. The van der Waals surface area contributed by atoms with Gasteiger partial charge in [-0.1, -0.05) is 6.07 Å². The van der Waals surface area contributed by atoms with Gasteiger partial charge in [0.05, 0.1) is 5.69 Å². The van der Waals surface area contributed by atoms with E-state index in [1.54, 1.807) is 26.8 Å². The Kier molecular flexibility index (Phi) is 4.11. The fraction of sp³-hybridized carbons (Fsp3) is 0.429. The van der Waals surface area contributed by atoms with Crippen molar-refractivity contribution in [2.45, 2.75) is 40.2 Å². The fourth-order valence-corrected chi connectivity index (χ4v) is 1.51. The summed E-state index contributed by atoms with van der Waals surface area (Å²) in [5.41, 5.74) is 2.27. The molecule has 0 radical (unpaired) electrons. The summed E-state index contributed by atoms with van der Waals surface area (Å²) in [5, 5.41) is 2.63. The van der Waals surface area contributed by atoms with Crippen molar-refractivity contribution in [1.82, 2.24) is 0 Å². The van der Waals surface area contributed by atoms with Gasteiger partial charge in [0.2, 0.25) is 0 Å². The molecule has 0 saturated carbocycles. The van der Waals surface area contributed by atoms with Crippen LogP contribution in [0.2, 0.25) is 0 Å². The molecule has 0 aliphatic rings. The molecule has 0 saturated heterocycles. The van der Waals surface area contributed by atoms with E-state index in [0.29, 0.717) is 11.3 Å². The number of carbonyl (C=O) groups is 2. The van der Waals surface area contributed by atoms with Crippen molar-refractivity contribution >= 4 is 18.1 Å². The quantitative estimate of drug-likeness (QED) is 0.816. The molecule has 0 atom stereocenters. The number of rotatable bonds is 2. The van der Waals surface area contributed by atoms with Gasteiger partial charge in [0, 0.05) is 5.56 Å². The van der Waals surface area contributed by atoms with Crippen LogP contribution in [0, 0.1) is 13.8 Å². The molecule has 98 valence electrons. The Hall–Kier alpha value is -1.84. The van der Waals surface area contributed by atoms with Crippen molar-refractivity contribution in [2.75, 3.05) is 5.32 Å². The molecule has 1 N–H and O–H groups in total. The van der Waals surface area contributed by atoms with Crippen LogP contribution in [0.1, 0.15) is 42.3 Å². The first-order valence-corrected chi connectivity index (χ1v) is 5.80. The van der Waals surface area contributed by atoms with E-state index in [9.17, 15) is 9.59 Å². The van der Waals surface area contributed by atoms with Crippen LogP contribution in [0.3, 0.4) is 0 Å². The molecule has 0 spiro atoms. The van der Waals surface area contributed by atoms with E-state index >= 15 is 0 Å². The maximum atomic E-state index is 11.7. The van der Waals surface area contributed by atoms with Gasteiger partial charge in [0.15, 0.2) is 6.29 Å². The van der Waals surface area contributed by atoms with E-state index in [1.165, 1.54) is 0 Å². The second kappa shape index (κ2) is 5.21. The Balaban J connectivity index is 3.00. The van der Waals surface area contributed by atoms with Crippen LogP contribution in [-0.2, 0) is 4.74 Å². The van der Waals surface area contributed by atoms with Crippen molar-refractivity contribution in [3.8, 4) is 0 Å². The van der Waals surface area contributed by atoms with Crippen molar-refractivity contribution in [2.24, 2.45) is 0 Å². The lowest BCUT2D eigenvalue weighted by Gasteiger charge is -2.21. The molecule has 1 aromatic carbocycles. The maximum Gasteiger partial charge on any atom is 0.412 e. The van der Waals surface area contributed by atoms with E-state index in [0.717, 1.165) is 17.4 Å². The van der Waals surface area contributed by atoms with Gasteiger partial charge >= 0.3 is 6.09 Å². The largest absolute Gasteiger partial charge is 0.444 e. The summed E-state index contributed by atoms with van der Waals surface area (Å²) in [5.74, 6) is 0. The van der Waals surface area contributed by atoms with Crippen LogP contribution in [0.5, 0.6) is 0 Å². The van der Waals surface area contributed by atoms with Crippen LogP contribution < -0.4 is 5.32 Å². The van der Waals surface area contributed by atoms with Gasteiger partial charge < -0.3 is 4.74 Å². The molecule has 0 aromatic heterocycles. The van der Waals surface area contributed by atoms with Crippen LogP contribution in [0.15, 0.2) is 12.1 Å². The third-order valence-electron chi connectivity index (χ3n) is 2.52. The second-order valence-corrected chi connectivity index (χ2v) is 5.22. The first kappa shape index (κ1) is 14.2. The summed E-state index contributed by atoms with van der Waals surface area (Å²) < 4.78 is 5.17. The van der Waals surface area contributed by atoms with Gasteiger partial charge in [-0.05, 0) is 51.8 Å². The maximum absolute atomic E-state index is 11.7. The van der Waals surface area contributed by atoms with Crippen molar-refractivity contribution in [3.63, 3.8) is 0 Å². The summed E-state index contributed by atoms with van der Waals surface area (Å²) in [6.07, 6.45) is 0.165. The van der Waals surface area contributed by atoms with E-state index in [1.807, 2.05) is 19.9 Å². The highest BCUT2D eigenvalue weighted by Gasteiger charge is 2.18. The van der Waals surface area contributed by atoms with Gasteiger partial charge in [-0.3, -0.25) is 10.1 Å². The highest BCUT2D eigenvalue weighted by molar-refractivity contribution is 5.94. The average molecular weight is 249 g/mol. The lowest BCUT2D eigenvalue weighted by Crippen LogP contribution is -2.27. The van der Waals surface area contributed by atoms with Gasteiger partial charge in [0.1, 0.15) is 5.60 Å². The smallest absolute Gasteiger partial charge is 0.412 e. The molecular formula is C14H19NO3. The summed E-state index contributed by atoms with van der Waals surface area (Å²) in [7, 11) is 0. The van der Waals surface area contributed by atoms with Gasteiger partial charge in [-0.25, -0.2) is 4.79 Å². The average Bonchev–Trinajstić information content (AvgIpc) is 2.22. The molecule has 4 nitrogen and oxygen atoms in total. The number of benzene rings is 1. The molecule has 0 bridgehead atoms. The predicted molar refractivity (Wildman–Crippen MR) is 71.2 cm³/mol. The van der Waals surface area contributed by atoms with Crippen LogP contribution >= 0.6 is 0 Å². The molecule has 1 amide bonds. The number of aldehydes is 1. The van der Waals surface area contributed by atoms with Gasteiger partial charge in [-0.2, -0.15) is 0 Å². The summed E-state index contributed by atoms with van der Waals surface area (Å²) >= 11 is 0. The lowest BCUT2D eigenvalue weighted by atomic mass is 10.0. The molecule has 0 aliphatic heterocycles. The fourth-order valence-electron chi connectivity index (χ4n) is 1.51. The lowest BCUT2D eigenvalue weighted by molar-refractivity contribution is 0.0636. The second-order valence-electron chi connectivity index (χ2n) is 5.22. The zero-order valence-electron chi connectivity index (χ0n) is 11.5. The van der Waals surface area contributed by atoms with Gasteiger partial charge in [0.25, 0.3) is 0 Å². The van der Waals surface area contributed by atoms with Crippen LogP contribution in [-0.4, -0.2) is 18.0 Å². The Bertz CT molecular complexity index is 473. The molecule has 4 heteroatoms. The monoisotopic (exact) mass is 249 g/mol. The number of aryl methyl sites for hydroxylation is 1. The van der Waals surface area contributed by atoms with Crippen molar-refractivity contribution in [3.05, 3.63) is 28.8 Å².